The lowest BCUT2D eigenvalue weighted by Crippen LogP contribution is -2.28. The number of hydrogen-bond acceptors (Lipinski definition) is 2. The van der Waals surface area contributed by atoms with Crippen molar-refractivity contribution in [2.75, 3.05) is 4.90 Å². The van der Waals surface area contributed by atoms with Gasteiger partial charge in [-0.25, -0.2) is 0 Å². The van der Waals surface area contributed by atoms with Crippen LogP contribution in [0.2, 0.25) is 0 Å². The molecule has 0 bridgehead atoms. The minimum absolute atomic E-state index is 0.405. The molecule has 1 aliphatic carbocycles. The maximum Gasteiger partial charge on any atom is 0.143 e. The summed E-state index contributed by atoms with van der Waals surface area (Å²) in [6.45, 7) is 0. The van der Waals surface area contributed by atoms with Crippen molar-refractivity contribution in [3.8, 4) is 33.4 Å². The zero-order valence-corrected chi connectivity index (χ0v) is 31.2. The Balaban J connectivity index is 1.00. The van der Waals surface area contributed by atoms with Gasteiger partial charge in [-0.1, -0.05) is 176 Å². The van der Waals surface area contributed by atoms with Crippen LogP contribution in [0.4, 0.5) is 17.1 Å². The van der Waals surface area contributed by atoms with Crippen LogP contribution in [-0.4, -0.2) is 0 Å². The molecule has 2 nitrogen and oxygen atoms in total. The highest BCUT2D eigenvalue weighted by atomic mass is 16.3. The highest BCUT2D eigenvalue weighted by Crippen LogP contribution is 2.56. The largest absolute Gasteiger partial charge is 0.455 e. The Morgan fingerprint density at radius 3 is 1.67 bits per heavy atom. The number of hydrogen-bond donors (Lipinski definition) is 0. The molecule has 9 aromatic carbocycles. The first-order chi connectivity index (χ1) is 28.3. The Morgan fingerprint density at radius 2 is 0.895 bits per heavy atom. The van der Waals surface area contributed by atoms with Gasteiger partial charge in [0.1, 0.15) is 11.2 Å². The van der Waals surface area contributed by atoms with E-state index in [9.17, 15) is 0 Å². The van der Waals surface area contributed by atoms with E-state index < -0.39 is 5.41 Å². The monoisotopic (exact) mass is 727 g/mol. The van der Waals surface area contributed by atoms with Crippen LogP contribution in [0.1, 0.15) is 22.3 Å². The summed E-state index contributed by atoms with van der Waals surface area (Å²) in [5, 5.41) is 2.26. The molecule has 0 atom stereocenters. The molecule has 0 N–H and O–H groups in total. The SMILES string of the molecule is c1ccc(N(c2ccc(-c3ccc4c(c3)-c3ccccc3C4(c3ccccc3)c3ccccc3)cc2)c2cccc(-c3cccc4c3oc3ccccc34)c2)cc1. The number of nitrogens with zero attached hydrogens (tertiary/aromatic N) is 1. The van der Waals surface area contributed by atoms with Crippen LogP contribution in [0, 0.1) is 0 Å². The Kier molecular flexibility index (Phi) is 7.75. The van der Waals surface area contributed by atoms with Crippen molar-refractivity contribution in [3.63, 3.8) is 0 Å². The topological polar surface area (TPSA) is 16.4 Å². The number of para-hydroxylation sites is 3. The van der Waals surface area contributed by atoms with Crippen LogP contribution in [0.5, 0.6) is 0 Å². The van der Waals surface area contributed by atoms with Crippen molar-refractivity contribution in [3.05, 3.63) is 247 Å². The van der Waals surface area contributed by atoms with Crippen LogP contribution >= 0.6 is 0 Å². The number of rotatable bonds is 7. The van der Waals surface area contributed by atoms with Crippen molar-refractivity contribution in [1.29, 1.82) is 0 Å². The number of furan rings is 1. The third kappa shape index (κ3) is 5.26. The molecule has 0 aliphatic heterocycles. The maximum absolute atomic E-state index is 6.45. The average molecular weight is 728 g/mol. The van der Waals surface area contributed by atoms with Gasteiger partial charge in [-0.05, 0) is 98.6 Å². The molecule has 0 radical (unpaired) electrons. The molecular weight excluding hydrogens is 691 g/mol. The van der Waals surface area contributed by atoms with Crippen LogP contribution in [-0.2, 0) is 5.41 Å². The lowest BCUT2D eigenvalue weighted by Gasteiger charge is -2.33. The fourth-order valence-electron chi connectivity index (χ4n) is 9.24. The van der Waals surface area contributed by atoms with Crippen LogP contribution in [0.25, 0.3) is 55.3 Å². The standard InChI is InChI=1S/C55H37NO/c1-4-17-41(18-5-1)55(42-19-6-2-7-20-42)51-28-12-10-24-47(51)50-37-39(32-35-52(50)55)38-30-33-44(34-31-38)56(43-21-8-3-9-22-43)45-23-14-16-40(36-45)46-26-15-27-49-48-25-11-13-29-53(48)57-54(46)49/h1-37H. The van der Waals surface area contributed by atoms with Gasteiger partial charge in [-0.2, -0.15) is 0 Å². The smallest absolute Gasteiger partial charge is 0.143 e. The van der Waals surface area contributed by atoms with Crippen LogP contribution in [0.3, 0.4) is 0 Å². The first-order valence-electron chi connectivity index (χ1n) is 19.6. The highest BCUT2D eigenvalue weighted by Gasteiger charge is 2.45. The van der Waals surface area contributed by atoms with Crippen molar-refractivity contribution in [2.45, 2.75) is 5.41 Å². The molecule has 1 heterocycles. The van der Waals surface area contributed by atoms with Gasteiger partial charge in [0, 0.05) is 33.4 Å². The molecule has 0 saturated carbocycles. The first kappa shape index (κ1) is 33.0. The summed E-state index contributed by atoms with van der Waals surface area (Å²) < 4.78 is 6.45. The van der Waals surface area contributed by atoms with Gasteiger partial charge in [0.2, 0.25) is 0 Å². The summed E-state index contributed by atoms with van der Waals surface area (Å²) in [6.07, 6.45) is 0. The summed E-state index contributed by atoms with van der Waals surface area (Å²) in [6, 6.07) is 81.1. The molecule has 11 rings (SSSR count). The first-order valence-corrected chi connectivity index (χ1v) is 19.6. The molecule has 0 saturated heterocycles. The molecule has 1 aromatic heterocycles. The summed E-state index contributed by atoms with van der Waals surface area (Å²) in [4.78, 5) is 2.33. The number of benzene rings is 9. The van der Waals surface area contributed by atoms with E-state index >= 15 is 0 Å². The van der Waals surface area contributed by atoms with Crippen LogP contribution < -0.4 is 4.90 Å². The van der Waals surface area contributed by atoms with Gasteiger partial charge in [0.15, 0.2) is 0 Å². The third-order valence-corrected chi connectivity index (χ3v) is 11.8. The van der Waals surface area contributed by atoms with E-state index in [1.807, 2.05) is 12.1 Å². The van der Waals surface area contributed by atoms with E-state index in [0.29, 0.717) is 0 Å². The summed E-state index contributed by atoms with van der Waals surface area (Å²) >= 11 is 0. The summed E-state index contributed by atoms with van der Waals surface area (Å²) in [5.74, 6) is 0. The Morgan fingerprint density at radius 1 is 0.333 bits per heavy atom. The van der Waals surface area contributed by atoms with Crippen molar-refractivity contribution < 1.29 is 4.42 Å². The molecule has 0 spiro atoms. The average Bonchev–Trinajstić information content (AvgIpc) is 3.82. The fraction of sp³-hybridized carbons (Fsp3) is 0.0182. The maximum atomic E-state index is 6.45. The lowest BCUT2D eigenvalue weighted by molar-refractivity contribution is 0.670. The van der Waals surface area contributed by atoms with Crippen molar-refractivity contribution in [2.24, 2.45) is 0 Å². The minimum Gasteiger partial charge on any atom is -0.455 e. The zero-order valence-electron chi connectivity index (χ0n) is 31.2. The summed E-state index contributed by atoms with van der Waals surface area (Å²) in [5.41, 5.74) is 17.0. The van der Waals surface area contributed by atoms with Crippen molar-refractivity contribution in [1.82, 2.24) is 0 Å². The highest BCUT2D eigenvalue weighted by molar-refractivity contribution is 6.09. The Bertz CT molecular complexity index is 3020. The second-order valence-corrected chi connectivity index (χ2v) is 14.8. The third-order valence-electron chi connectivity index (χ3n) is 11.8. The van der Waals surface area contributed by atoms with Gasteiger partial charge in [0.05, 0.1) is 5.41 Å². The predicted octanol–water partition coefficient (Wildman–Crippen LogP) is 14.8. The van der Waals surface area contributed by atoms with Crippen molar-refractivity contribution >= 4 is 39.0 Å². The molecule has 2 heteroatoms. The second-order valence-electron chi connectivity index (χ2n) is 14.8. The fourth-order valence-corrected chi connectivity index (χ4v) is 9.24. The molecule has 0 amide bonds. The summed E-state index contributed by atoms with van der Waals surface area (Å²) in [7, 11) is 0. The van der Waals surface area contributed by atoms with E-state index in [1.165, 1.54) is 44.5 Å². The number of fused-ring (bicyclic) bond motifs is 6. The van der Waals surface area contributed by atoms with Gasteiger partial charge in [0.25, 0.3) is 0 Å². The molecule has 1 aliphatic rings. The van der Waals surface area contributed by atoms with E-state index in [2.05, 4.69) is 217 Å². The van der Waals surface area contributed by atoms with Gasteiger partial charge in [-0.15, -0.1) is 0 Å². The minimum atomic E-state index is -0.405. The van der Waals surface area contributed by atoms with Gasteiger partial charge < -0.3 is 9.32 Å². The van der Waals surface area contributed by atoms with Gasteiger partial charge in [-0.3, -0.25) is 0 Å². The van der Waals surface area contributed by atoms with E-state index in [-0.39, 0.29) is 0 Å². The Hall–Kier alpha value is -7.42. The zero-order chi connectivity index (χ0) is 37.8. The Labute approximate surface area is 332 Å². The molecule has 268 valence electrons. The van der Waals surface area contributed by atoms with Crippen LogP contribution in [0.15, 0.2) is 229 Å². The lowest BCUT2D eigenvalue weighted by atomic mass is 9.67. The van der Waals surface area contributed by atoms with E-state index in [4.69, 9.17) is 4.42 Å². The molecular formula is C55H37NO. The van der Waals surface area contributed by atoms with E-state index in [0.717, 1.165) is 50.1 Å². The molecule has 0 fully saturated rings. The molecule has 10 aromatic rings. The number of anilines is 3. The van der Waals surface area contributed by atoms with E-state index in [1.54, 1.807) is 0 Å². The normalized spacial score (nSPS) is 12.7. The predicted molar refractivity (Wildman–Crippen MR) is 237 cm³/mol. The molecule has 0 unspecified atom stereocenters. The second kappa shape index (κ2) is 13.4. The quantitative estimate of drug-likeness (QED) is 0.163. The molecule has 57 heavy (non-hydrogen) atoms. The van der Waals surface area contributed by atoms with Gasteiger partial charge >= 0.3 is 0 Å².